The minimum atomic E-state index is 0.284. The molecule has 0 spiro atoms. The van der Waals surface area contributed by atoms with Crippen molar-refractivity contribution in [1.29, 1.82) is 0 Å². The fourth-order valence-electron chi connectivity index (χ4n) is 2.93. The summed E-state index contributed by atoms with van der Waals surface area (Å²) in [6.45, 7) is 4.72. The second kappa shape index (κ2) is 8.97. The van der Waals surface area contributed by atoms with Gasteiger partial charge in [0.1, 0.15) is 5.82 Å². The van der Waals surface area contributed by atoms with Gasteiger partial charge in [-0.3, -0.25) is 0 Å². The van der Waals surface area contributed by atoms with Crippen molar-refractivity contribution >= 4 is 5.82 Å². The Hall–Kier alpha value is -1.17. The molecule has 1 aromatic heterocycles. The molecule has 0 aromatic carbocycles. The van der Waals surface area contributed by atoms with Crippen LogP contribution >= 0.6 is 0 Å². The van der Waals surface area contributed by atoms with Crippen LogP contribution in [0.25, 0.3) is 0 Å². The average molecular weight is 293 g/mol. The maximum Gasteiger partial charge on any atom is 0.133 e. The van der Waals surface area contributed by atoms with E-state index in [0.717, 1.165) is 45.0 Å². The van der Waals surface area contributed by atoms with Crippen molar-refractivity contribution in [3.63, 3.8) is 0 Å². The van der Waals surface area contributed by atoms with E-state index in [1.807, 2.05) is 12.3 Å². The summed E-state index contributed by atoms with van der Waals surface area (Å²) < 4.78 is 5.06. The van der Waals surface area contributed by atoms with Gasteiger partial charge < -0.3 is 20.1 Å². The molecule has 1 aliphatic heterocycles. The van der Waals surface area contributed by atoms with E-state index in [2.05, 4.69) is 21.3 Å². The fraction of sp³-hybridized carbons (Fsp3) is 0.688. The summed E-state index contributed by atoms with van der Waals surface area (Å²) in [5, 5.41) is 12.5. The van der Waals surface area contributed by atoms with E-state index in [1.54, 1.807) is 7.11 Å². The molecule has 5 nitrogen and oxygen atoms in total. The zero-order valence-corrected chi connectivity index (χ0v) is 12.9. The molecular weight excluding hydrogens is 266 g/mol. The highest BCUT2D eigenvalue weighted by Crippen LogP contribution is 2.25. The summed E-state index contributed by atoms with van der Waals surface area (Å²) >= 11 is 0. The number of rotatable bonds is 8. The van der Waals surface area contributed by atoms with Gasteiger partial charge in [0.05, 0.1) is 6.61 Å². The third-order valence-electron chi connectivity index (χ3n) is 4.02. The zero-order chi connectivity index (χ0) is 14.9. The summed E-state index contributed by atoms with van der Waals surface area (Å²) in [6, 6.07) is 4.13. The number of piperidine rings is 1. The van der Waals surface area contributed by atoms with Gasteiger partial charge in [-0.25, -0.2) is 4.98 Å². The molecule has 1 fully saturated rings. The van der Waals surface area contributed by atoms with E-state index in [1.165, 1.54) is 18.4 Å². The van der Waals surface area contributed by atoms with Crippen LogP contribution in [0.2, 0.25) is 0 Å². The molecule has 0 bridgehead atoms. The average Bonchev–Trinajstić information content (AvgIpc) is 2.53. The number of aliphatic hydroxyl groups is 1. The molecule has 21 heavy (non-hydrogen) atoms. The fourth-order valence-corrected chi connectivity index (χ4v) is 2.93. The van der Waals surface area contributed by atoms with Crippen LogP contribution in [-0.4, -0.2) is 50.0 Å². The first kappa shape index (κ1) is 16.2. The Morgan fingerprint density at radius 1 is 1.52 bits per heavy atom. The monoisotopic (exact) mass is 293 g/mol. The van der Waals surface area contributed by atoms with E-state index in [-0.39, 0.29) is 6.61 Å². The number of hydrogen-bond acceptors (Lipinski definition) is 5. The van der Waals surface area contributed by atoms with Crippen molar-refractivity contribution in [2.75, 3.05) is 44.9 Å². The number of hydrogen-bond donors (Lipinski definition) is 2. The summed E-state index contributed by atoms with van der Waals surface area (Å²) in [7, 11) is 1.71. The molecular formula is C16H27N3O2. The first-order valence-electron chi connectivity index (χ1n) is 7.84. The molecule has 0 saturated carbocycles. The first-order chi connectivity index (χ1) is 10.3. The van der Waals surface area contributed by atoms with Gasteiger partial charge in [0, 0.05) is 51.7 Å². The molecule has 118 valence electrons. The Morgan fingerprint density at radius 2 is 2.43 bits per heavy atom. The number of methoxy groups -OCH3 is 1. The normalized spacial score (nSPS) is 19.0. The van der Waals surface area contributed by atoms with Crippen LogP contribution in [0.5, 0.6) is 0 Å². The van der Waals surface area contributed by atoms with Gasteiger partial charge in [-0.15, -0.1) is 0 Å². The minimum Gasteiger partial charge on any atom is -0.396 e. The van der Waals surface area contributed by atoms with Crippen molar-refractivity contribution in [2.24, 2.45) is 5.92 Å². The Labute approximate surface area is 127 Å². The van der Waals surface area contributed by atoms with E-state index >= 15 is 0 Å². The maximum atomic E-state index is 9.14. The summed E-state index contributed by atoms with van der Waals surface area (Å²) in [5.74, 6) is 1.67. The maximum absolute atomic E-state index is 9.14. The number of nitrogens with zero attached hydrogens (tertiary/aromatic N) is 2. The van der Waals surface area contributed by atoms with E-state index in [0.29, 0.717) is 5.92 Å². The summed E-state index contributed by atoms with van der Waals surface area (Å²) in [5.41, 5.74) is 1.23. The molecule has 1 saturated heterocycles. The van der Waals surface area contributed by atoms with Crippen LogP contribution in [-0.2, 0) is 11.3 Å². The van der Waals surface area contributed by atoms with Crippen molar-refractivity contribution < 1.29 is 9.84 Å². The van der Waals surface area contributed by atoms with Gasteiger partial charge in [-0.2, -0.15) is 0 Å². The zero-order valence-electron chi connectivity index (χ0n) is 12.9. The Balaban J connectivity index is 1.97. The predicted molar refractivity (Wildman–Crippen MR) is 84.5 cm³/mol. The predicted octanol–water partition coefficient (Wildman–Crippen LogP) is 1.42. The lowest BCUT2D eigenvalue weighted by Gasteiger charge is -2.34. The quantitative estimate of drug-likeness (QED) is 0.710. The highest BCUT2D eigenvalue weighted by molar-refractivity contribution is 5.47. The van der Waals surface area contributed by atoms with Crippen LogP contribution < -0.4 is 10.2 Å². The molecule has 2 rings (SSSR count). The number of aromatic nitrogens is 1. The van der Waals surface area contributed by atoms with Crippen LogP contribution in [0, 0.1) is 5.92 Å². The second-order valence-corrected chi connectivity index (χ2v) is 5.62. The number of ether oxygens (including phenoxy) is 1. The van der Waals surface area contributed by atoms with Gasteiger partial charge in [-0.1, -0.05) is 6.07 Å². The van der Waals surface area contributed by atoms with E-state index in [9.17, 15) is 0 Å². The lowest BCUT2D eigenvalue weighted by molar-refractivity contribution is 0.199. The van der Waals surface area contributed by atoms with Gasteiger partial charge in [0.15, 0.2) is 0 Å². The number of pyridine rings is 1. The van der Waals surface area contributed by atoms with Crippen molar-refractivity contribution in [3.05, 3.63) is 23.9 Å². The molecule has 1 unspecified atom stereocenters. The SMILES string of the molecule is COCCNCc1cccnc1N1CCCC(CCO)C1. The van der Waals surface area contributed by atoms with Crippen molar-refractivity contribution in [1.82, 2.24) is 10.3 Å². The molecule has 0 radical (unpaired) electrons. The van der Waals surface area contributed by atoms with Gasteiger partial charge in [-0.05, 0) is 31.2 Å². The van der Waals surface area contributed by atoms with Crippen LogP contribution in [0.1, 0.15) is 24.8 Å². The van der Waals surface area contributed by atoms with Gasteiger partial charge in [0.25, 0.3) is 0 Å². The molecule has 1 aliphatic rings. The highest BCUT2D eigenvalue weighted by Gasteiger charge is 2.22. The van der Waals surface area contributed by atoms with Crippen LogP contribution in [0.15, 0.2) is 18.3 Å². The summed E-state index contributed by atoms with van der Waals surface area (Å²) in [6.07, 6.45) is 5.15. The number of aliphatic hydroxyl groups excluding tert-OH is 1. The first-order valence-corrected chi connectivity index (χ1v) is 7.84. The van der Waals surface area contributed by atoms with Gasteiger partial charge >= 0.3 is 0 Å². The highest BCUT2D eigenvalue weighted by atomic mass is 16.5. The second-order valence-electron chi connectivity index (χ2n) is 5.62. The molecule has 1 aromatic rings. The molecule has 2 N–H and O–H groups in total. The van der Waals surface area contributed by atoms with E-state index < -0.39 is 0 Å². The molecule has 2 heterocycles. The lowest BCUT2D eigenvalue weighted by Crippen LogP contribution is -2.37. The largest absolute Gasteiger partial charge is 0.396 e. The number of anilines is 1. The van der Waals surface area contributed by atoms with E-state index in [4.69, 9.17) is 9.84 Å². The third kappa shape index (κ3) is 4.95. The topological polar surface area (TPSA) is 57.6 Å². The lowest BCUT2D eigenvalue weighted by atomic mass is 9.95. The molecule has 5 heteroatoms. The molecule has 0 amide bonds. The molecule has 1 atom stereocenters. The standard InChI is InChI=1S/C16H27N3O2/c1-21-11-8-17-12-15-5-2-7-18-16(15)19-9-3-4-14(13-19)6-10-20/h2,5,7,14,17,20H,3-4,6,8-13H2,1H3. The minimum absolute atomic E-state index is 0.284. The van der Waals surface area contributed by atoms with Crippen molar-refractivity contribution in [3.8, 4) is 0 Å². The summed E-state index contributed by atoms with van der Waals surface area (Å²) in [4.78, 5) is 6.96. The van der Waals surface area contributed by atoms with Crippen molar-refractivity contribution in [2.45, 2.75) is 25.8 Å². The number of nitrogens with one attached hydrogen (secondary N) is 1. The van der Waals surface area contributed by atoms with Gasteiger partial charge in [0.2, 0.25) is 0 Å². The Morgan fingerprint density at radius 3 is 3.24 bits per heavy atom. The smallest absolute Gasteiger partial charge is 0.133 e. The van der Waals surface area contributed by atoms with Crippen LogP contribution in [0.3, 0.4) is 0 Å². The third-order valence-corrected chi connectivity index (χ3v) is 4.02. The van der Waals surface area contributed by atoms with Crippen LogP contribution in [0.4, 0.5) is 5.82 Å². The Kier molecular flexibility index (Phi) is 6.92. The molecule has 0 aliphatic carbocycles. The Bertz CT molecular complexity index is 412.